The predicted octanol–water partition coefficient (Wildman–Crippen LogP) is 3.75. The highest BCUT2D eigenvalue weighted by atomic mass is 16.2. The number of carbonyl (C=O) groups excluding carboxylic acids is 2. The molecule has 1 amide bonds. The molecule has 3 rings (SSSR count). The van der Waals surface area contributed by atoms with E-state index in [1.54, 1.807) is 26.2 Å². The van der Waals surface area contributed by atoms with E-state index in [0.29, 0.717) is 22.5 Å². The molecule has 0 saturated carbocycles. The van der Waals surface area contributed by atoms with Gasteiger partial charge in [0.25, 0.3) is 5.91 Å². The summed E-state index contributed by atoms with van der Waals surface area (Å²) in [4.78, 5) is 31.9. The smallest absolute Gasteiger partial charge is 0.268 e. The number of nitrogens with zero attached hydrogens (tertiary/aromatic N) is 1. The molecule has 26 heavy (non-hydrogen) atoms. The summed E-state index contributed by atoms with van der Waals surface area (Å²) < 4.78 is 0. The summed E-state index contributed by atoms with van der Waals surface area (Å²) in [7, 11) is 0. The maximum absolute atomic E-state index is 12.9. The average Bonchev–Trinajstić information content (AvgIpc) is 2.95. The van der Waals surface area contributed by atoms with Crippen molar-refractivity contribution in [3.05, 3.63) is 88.5 Å². The summed E-state index contributed by atoms with van der Waals surface area (Å²) in [6, 6.07) is 13.2. The number of pyridine rings is 1. The molecule has 5 nitrogen and oxygen atoms in total. The summed E-state index contributed by atoms with van der Waals surface area (Å²) >= 11 is 0. The van der Waals surface area contributed by atoms with Gasteiger partial charge in [0, 0.05) is 23.7 Å². The lowest BCUT2D eigenvalue weighted by molar-refractivity contribution is 0.0937. The van der Waals surface area contributed by atoms with Crippen molar-refractivity contribution in [3.8, 4) is 0 Å². The number of Topliss-reactive ketones (excluding diaryl/α,β-unsaturated/α-hetero) is 1. The Bertz CT molecular complexity index is 891. The Morgan fingerprint density at radius 1 is 1.00 bits per heavy atom. The van der Waals surface area contributed by atoms with Crippen molar-refractivity contribution in [2.24, 2.45) is 0 Å². The number of carbonyl (C=O) groups is 2. The SMILES string of the molecule is CC(=O)c1c(C)[nH]c(C(=O)N[C@H](c2ccccc2)c2ccncc2)c1C. The highest BCUT2D eigenvalue weighted by Gasteiger charge is 2.23. The van der Waals surface area contributed by atoms with Crippen molar-refractivity contribution in [1.82, 2.24) is 15.3 Å². The molecule has 0 spiro atoms. The van der Waals surface area contributed by atoms with E-state index in [1.807, 2.05) is 42.5 Å². The molecule has 1 atom stereocenters. The molecule has 0 radical (unpaired) electrons. The van der Waals surface area contributed by atoms with E-state index in [4.69, 9.17) is 0 Å². The quantitative estimate of drug-likeness (QED) is 0.690. The number of nitrogens with one attached hydrogen (secondary N) is 2. The predicted molar refractivity (Wildman–Crippen MR) is 100 cm³/mol. The van der Waals surface area contributed by atoms with Crippen LogP contribution in [0.3, 0.4) is 0 Å². The molecule has 2 aromatic heterocycles. The van der Waals surface area contributed by atoms with Gasteiger partial charge < -0.3 is 10.3 Å². The minimum Gasteiger partial charge on any atom is -0.354 e. The molecule has 0 fully saturated rings. The van der Waals surface area contributed by atoms with Crippen molar-refractivity contribution in [1.29, 1.82) is 0 Å². The Morgan fingerprint density at radius 2 is 1.62 bits per heavy atom. The summed E-state index contributed by atoms with van der Waals surface area (Å²) in [5.74, 6) is -0.298. The molecule has 0 aliphatic carbocycles. The number of ketones is 1. The van der Waals surface area contributed by atoms with Crippen molar-refractivity contribution in [2.45, 2.75) is 26.8 Å². The summed E-state index contributed by atoms with van der Waals surface area (Å²) in [6.45, 7) is 5.10. The zero-order valence-electron chi connectivity index (χ0n) is 15.0. The van der Waals surface area contributed by atoms with Gasteiger partial charge >= 0.3 is 0 Å². The van der Waals surface area contributed by atoms with E-state index in [0.717, 1.165) is 11.1 Å². The van der Waals surface area contributed by atoms with Gasteiger partial charge in [0.1, 0.15) is 5.69 Å². The molecular weight excluding hydrogens is 326 g/mol. The minimum atomic E-state index is -0.310. The highest BCUT2D eigenvalue weighted by Crippen LogP contribution is 2.24. The number of rotatable bonds is 5. The Labute approximate surface area is 152 Å². The molecule has 0 saturated heterocycles. The van der Waals surface area contributed by atoms with Gasteiger partial charge in [0.2, 0.25) is 0 Å². The molecular formula is C21H21N3O2. The number of H-pyrrole nitrogens is 1. The van der Waals surface area contributed by atoms with Crippen LogP contribution in [0.2, 0.25) is 0 Å². The van der Waals surface area contributed by atoms with Gasteiger partial charge in [-0.2, -0.15) is 0 Å². The average molecular weight is 347 g/mol. The molecule has 0 aliphatic heterocycles. The maximum Gasteiger partial charge on any atom is 0.268 e. The number of benzene rings is 1. The third-order valence-electron chi connectivity index (χ3n) is 4.46. The van der Waals surface area contributed by atoms with Gasteiger partial charge in [-0.1, -0.05) is 30.3 Å². The molecule has 0 bridgehead atoms. The van der Waals surface area contributed by atoms with Crippen LogP contribution in [0, 0.1) is 13.8 Å². The number of amides is 1. The monoisotopic (exact) mass is 347 g/mol. The van der Waals surface area contributed by atoms with Crippen molar-refractivity contribution in [3.63, 3.8) is 0 Å². The molecule has 2 heterocycles. The van der Waals surface area contributed by atoms with E-state index >= 15 is 0 Å². The fraction of sp³-hybridized carbons (Fsp3) is 0.190. The second-order valence-electron chi connectivity index (χ2n) is 6.28. The van der Waals surface area contributed by atoms with Gasteiger partial charge in [-0.3, -0.25) is 14.6 Å². The standard InChI is InChI=1S/C21H21N3O2/c1-13-18(15(3)25)14(2)23-19(13)21(26)24-20(16-7-5-4-6-8-16)17-9-11-22-12-10-17/h4-12,20,23H,1-3H3,(H,24,26)/t20-/m1/s1. The molecule has 2 N–H and O–H groups in total. The normalized spacial score (nSPS) is 11.8. The second-order valence-corrected chi connectivity index (χ2v) is 6.28. The van der Waals surface area contributed by atoms with Gasteiger partial charge in [-0.25, -0.2) is 0 Å². The highest BCUT2D eigenvalue weighted by molar-refractivity contribution is 6.02. The molecule has 0 unspecified atom stereocenters. The van der Waals surface area contributed by atoms with Crippen LogP contribution in [-0.2, 0) is 0 Å². The van der Waals surface area contributed by atoms with Crippen molar-refractivity contribution in [2.75, 3.05) is 0 Å². The lowest BCUT2D eigenvalue weighted by atomic mass is 9.99. The van der Waals surface area contributed by atoms with Crippen LogP contribution in [0.4, 0.5) is 0 Å². The van der Waals surface area contributed by atoms with Gasteiger partial charge in [0.05, 0.1) is 6.04 Å². The second kappa shape index (κ2) is 7.35. The van der Waals surface area contributed by atoms with Gasteiger partial charge in [-0.15, -0.1) is 0 Å². The maximum atomic E-state index is 12.9. The first-order valence-electron chi connectivity index (χ1n) is 8.45. The molecule has 3 aromatic rings. The fourth-order valence-corrected chi connectivity index (χ4v) is 3.27. The van der Waals surface area contributed by atoms with Crippen LogP contribution in [-0.4, -0.2) is 21.7 Å². The van der Waals surface area contributed by atoms with Gasteiger partial charge in [0.15, 0.2) is 5.78 Å². The Morgan fingerprint density at radius 3 is 2.19 bits per heavy atom. The lowest BCUT2D eigenvalue weighted by Gasteiger charge is -2.19. The number of aromatic amines is 1. The summed E-state index contributed by atoms with van der Waals surface area (Å²) in [5, 5.41) is 3.08. The van der Waals surface area contributed by atoms with Gasteiger partial charge in [-0.05, 0) is 49.6 Å². The van der Waals surface area contributed by atoms with Crippen LogP contribution < -0.4 is 5.32 Å². The lowest BCUT2D eigenvalue weighted by Crippen LogP contribution is -2.30. The van der Waals surface area contributed by atoms with E-state index in [1.165, 1.54) is 6.92 Å². The Hall–Kier alpha value is -3.21. The fourth-order valence-electron chi connectivity index (χ4n) is 3.27. The van der Waals surface area contributed by atoms with E-state index in [9.17, 15) is 9.59 Å². The van der Waals surface area contributed by atoms with Crippen LogP contribution in [0.15, 0.2) is 54.9 Å². The number of aromatic nitrogens is 2. The van der Waals surface area contributed by atoms with E-state index < -0.39 is 0 Å². The zero-order chi connectivity index (χ0) is 18.7. The third-order valence-corrected chi connectivity index (χ3v) is 4.46. The first kappa shape index (κ1) is 17.6. The minimum absolute atomic E-state index is 0.0518. The number of hydrogen-bond donors (Lipinski definition) is 2. The number of hydrogen-bond acceptors (Lipinski definition) is 3. The Balaban J connectivity index is 1.97. The number of aryl methyl sites for hydroxylation is 1. The summed E-state index contributed by atoms with van der Waals surface area (Å²) in [6.07, 6.45) is 3.41. The topological polar surface area (TPSA) is 74.8 Å². The van der Waals surface area contributed by atoms with Crippen molar-refractivity contribution < 1.29 is 9.59 Å². The first-order valence-corrected chi connectivity index (χ1v) is 8.45. The van der Waals surface area contributed by atoms with Crippen LogP contribution in [0.1, 0.15) is 56.2 Å². The summed E-state index contributed by atoms with van der Waals surface area (Å²) in [5.41, 5.74) is 4.29. The molecule has 132 valence electrons. The molecule has 5 heteroatoms. The van der Waals surface area contributed by atoms with Crippen LogP contribution in [0.25, 0.3) is 0 Å². The van der Waals surface area contributed by atoms with Crippen LogP contribution >= 0.6 is 0 Å². The van der Waals surface area contributed by atoms with Crippen molar-refractivity contribution >= 4 is 11.7 Å². The first-order chi connectivity index (χ1) is 12.5. The van der Waals surface area contributed by atoms with Crippen LogP contribution in [0.5, 0.6) is 0 Å². The largest absolute Gasteiger partial charge is 0.354 e. The zero-order valence-corrected chi connectivity index (χ0v) is 15.0. The molecule has 0 aliphatic rings. The van der Waals surface area contributed by atoms with E-state index in [2.05, 4.69) is 15.3 Å². The molecule has 1 aromatic carbocycles. The Kier molecular flexibility index (Phi) is 4.98. The van der Waals surface area contributed by atoms with E-state index in [-0.39, 0.29) is 17.7 Å². The third kappa shape index (κ3) is 3.42.